The number of benzene rings is 2. The average molecular weight is 290 g/mol. The highest BCUT2D eigenvalue weighted by Crippen LogP contribution is 2.20. The molecule has 0 heterocycles. The Morgan fingerprint density at radius 3 is 2.67 bits per heavy atom. The van der Waals surface area contributed by atoms with E-state index in [9.17, 15) is 13.6 Å². The molecule has 0 aliphatic rings. The first kappa shape index (κ1) is 14.7. The van der Waals surface area contributed by atoms with E-state index in [1.54, 1.807) is 24.3 Å². The molecule has 2 aromatic carbocycles. The number of hydrogen-bond donors (Lipinski definition) is 1. The van der Waals surface area contributed by atoms with E-state index in [0.29, 0.717) is 11.1 Å². The molecular formula is C16H12F2O3. The number of carboxylic acid groups (broad SMARTS) is 1. The summed E-state index contributed by atoms with van der Waals surface area (Å²) in [4.78, 5) is 10.5. The summed E-state index contributed by atoms with van der Waals surface area (Å²) in [6.07, 6.45) is 2.44. The van der Waals surface area contributed by atoms with Crippen LogP contribution < -0.4 is 4.74 Å². The second kappa shape index (κ2) is 6.65. The Bertz CT molecular complexity index is 681. The van der Waals surface area contributed by atoms with Gasteiger partial charge in [-0.1, -0.05) is 24.3 Å². The number of carbonyl (C=O) groups is 1. The molecule has 108 valence electrons. The highest BCUT2D eigenvalue weighted by Gasteiger charge is 2.06. The number of aliphatic carboxylic acids is 1. The molecule has 0 spiro atoms. The molecule has 2 rings (SSSR count). The van der Waals surface area contributed by atoms with Gasteiger partial charge in [-0.25, -0.2) is 13.6 Å². The van der Waals surface area contributed by atoms with E-state index in [0.717, 1.165) is 18.2 Å². The Balaban J connectivity index is 2.14. The summed E-state index contributed by atoms with van der Waals surface area (Å²) < 4.78 is 31.5. The molecule has 1 N–H and O–H groups in total. The normalized spacial score (nSPS) is 10.8. The summed E-state index contributed by atoms with van der Waals surface area (Å²) in [5.74, 6) is -2.58. The van der Waals surface area contributed by atoms with Gasteiger partial charge in [0.15, 0.2) is 11.6 Å². The fourth-order valence-corrected chi connectivity index (χ4v) is 1.74. The van der Waals surface area contributed by atoms with Gasteiger partial charge < -0.3 is 9.84 Å². The Kier molecular flexibility index (Phi) is 4.66. The van der Waals surface area contributed by atoms with Crippen molar-refractivity contribution < 1.29 is 23.4 Å². The Morgan fingerprint density at radius 1 is 1.19 bits per heavy atom. The molecular weight excluding hydrogens is 278 g/mol. The smallest absolute Gasteiger partial charge is 0.328 e. The van der Waals surface area contributed by atoms with E-state index >= 15 is 0 Å². The number of hydrogen-bond acceptors (Lipinski definition) is 2. The van der Waals surface area contributed by atoms with Crippen LogP contribution in [0.2, 0.25) is 0 Å². The van der Waals surface area contributed by atoms with Crippen molar-refractivity contribution in [3.05, 3.63) is 71.3 Å². The third-order valence-electron chi connectivity index (χ3n) is 2.74. The molecule has 0 atom stereocenters. The standard InChI is InChI=1S/C16H12F2O3/c17-13-6-7-15(14(18)9-13)21-10-12-4-2-1-3-11(12)5-8-16(19)20/h1-9H,10H2,(H,19,20). The van der Waals surface area contributed by atoms with Crippen molar-refractivity contribution in [2.24, 2.45) is 0 Å². The second-order valence-electron chi connectivity index (χ2n) is 4.23. The molecule has 2 aromatic rings. The molecule has 0 radical (unpaired) electrons. The molecule has 0 bridgehead atoms. The van der Waals surface area contributed by atoms with E-state index in [1.165, 1.54) is 12.1 Å². The van der Waals surface area contributed by atoms with Crippen LogP contribution in [0.4, 0.5) is 8.78 Å². The third kappa shape index (κ3) is 4.14. The van der Waals surface area contributed by atoms with Crippen molar-refractivity contribution in [2.45, 2.75) is 6.61 Å². The molecule has 0 amide bonds. The van der Waals surface area contributed by atoms with Crippen LogP contribution in [-0.2, 0) is 11.4 Å². The van der Waals surface area contributed by atoms with Gasteiger partial charge in [-0.2, -0.15) is 0 Å². The van der Waals surface area contributed by atoms with E-state index in [-0.39, 0.29) is 12.4 Å². The first-order chi connectivity index (χ1) is 10.1. The Labute approximate surface area is 120 Å². The van der Waals surface area contributed by atoms with Crippen LogP contribution in [0, 0.1) is 11.6 Å². The lowest BCUT2D eigenvalue weighted by Crippen LogP contribution is -2.00. The topological polar surface area (TPSA) is 46.5 Å². The zero-order valence-electron chi connectivity index (χ0n) is 10.9. The van der Waals surface area contributed by atoms with Crippen molar-refractivity contribution in [1.82, 2.24) is 0 Å². The number of halogens is 2. The largest absolute Gasteiger partial charge is 0.486 e. The lowest BCUT2D eigenvalue weighted by Gasteiger charge is -2.09. The monoisotopic (exact) mass is 290 g/mol. The minimum Gasteiger partial charge on any atom is -0.486 e. The molecule has 0 saturated heterocycles. The van der Waals surface area contributed by atoms with Crippen molar-refractivity contribution in [3.8, 4) is 5.75 Å². The molecule has 21 heavy (non-hydrogen) atoms. The fraction of sp³-hybridized carbons (Fsp3) is 0.0625. The molecule has 3 nitrogen and oxygen atoms in total. The van der Waals surface area contributed by atoms with Crippen molar-refractivity contribution in [3.63, 3.8) is 0 Å². The third-order valence-corrected chi connectivity index (χ3v) is 2.74. The zero-order valence-corrected chi connectivity index (χ0v) is 10.9. The first-order valence-corrected chi connectivity index (χ1v) is 6.13. The molecule has 5 heteroatoms. The Morgan fingerprint density at radius 2 is 1.95 bits per heavy atom. The van der Waals surface area contributed by atoms with Crippen LogP contribution in [0.1, 0.15) is 11.1 Å². The van der Waals surface area contributed by atoms with Crippen molar-refractivity contribution in [2.75, 3.05) is 0 Å². The van der Waals surface area contributed by atoms with Crippen molar-refractivity contribution in [1.29, 1.82) is 0 Å². The Hall–Kier alpha value is -2.69. The van der Waals surface area contributed by atoms with Gasteiger partial charge in [0.2, 0.25) is 0 Å². The summed E-state index contributed by atoms with van der Waals surface area (Å²) in [5.41, 5.74) is 1.35. The van der Waals surface area contributed by atoms with Gasteiger partial charge in [-0.3, -0.25) is 0 Å². The van der Waals surface area contributed by atoms with Crippen LogP contribution in [0.15, 0.2) is 48.5 Å². The van der Waals surface area contributed by atoms with Gasteiger partial charge in [-0.15, -0.1) is 0 Å². The minimum absolute atomic E-state index is 0.0443. The molecule has 0 saturated carbocycles. The lowest BCUT2D eigenvalue weighted by molar-refractivity contribution is -0.131. The molecule has 0 unspecified atom stereocenters. The van der Waals surface area contributed by atoms with Gasteiger partial charge in [0, 0.05) is 12.1 Å². The highest BCUT2D eigenvalue weighted by molar-refractivity contribution is 5.85. The molecule has 0 aliphatic heterocycles. The average Bonchev–Trinajstić information content (AvgIpc) is 2.45. The predicted octanol–water partition coefficient (Wildman–Crippen LogP) is 3.64. The number of rotatable bonds is 5. The van der Waals surface area contributed by atoms with Crippen LogP contribution in [0.3, 0.4) is 0 Å². The zero-order chi connectivity index (χ0) is 15.2. The molecule has 0 aromatic heterocycles. The number of carboxylic acids is 1. The quantitative estimate of drug-likeness (QED) is 0.855. The van der Waals surface area contributed by atoms with Crippen molar-refractivity contribution >= 4 is 12.0 Å². The second-order valence-corrected chi connectivity index (χ2v) is 4.23. The maximum atomic E-state index is 13.5. The van der Waals surface area contributed by atoms with Gasteiger partial charge in [0.05, 0.1) is 0 Å². The van der Waals surface area contributed by atoms with Gasteiger partial charge in [0.25, 0.3) is 0 Å². The summed E-state index contributed by atoms with van der Waals surface area (Å²) in [6.45, 7) is 0.0443. The fourth-order valence-electron chi connectivity index (χ4n) is 1.74. The molecule has 0 fully saturated rings. The predicted molar refractivity (Wildman–Crippen MR) is 73.8 cm³/mol. The highest BCUT2D eigenvalue weighted by atomic mass is 19.1. The summed E-state index contributed by atoms with van der Waals surface area (Å²) in [7, 11) is 0. The maximum absolute atomic E-state index is 13.5. The molecule has 0 aliphatic carbocycles. The summed E-state index contributed by atoms with van der Waals surface area (Å²) in [6, 6.07) is 10.0. The SMILES string of the molecule is O=C(O)C=Cc1ccccc1COc1ccc(F)cc1F. The van der Waals surface area contributed by atoms with E-state index in [4.69, 9.17) is 9.84 Å². The summed E-state index contributed by atoms with van der Waals surface area (Å²) >= 11 is 0. The summed E-state index contributed by atoms with van der Waals surface area (Å²) in [5, 5.41) is 8.63. The van der Waals surface area contributed by atoms with Gasteiger partial charge >= 0.3 is 5.97 Å². The maximum Gasteiger partial charge on any atom is 0.328 e. The van der Waals surface area contributed by atoms with E-state index in [2.05, 4.69) is 0 Å². The van der Waals surface area contributed by atoms with Crippen LogP contribution >= 0.6 is 0 Å². The van der Waals surface area contributed by atoms with Crippen LogP contribution in [0.5, 0.6) is 5.75 Å². The lowest BCUT2D eigenvalue weighted by atomic mass is 10.1. The van der Waals surface area contributed by atoms with Gasteiger partial charge in [0.1, 0.15) is 12.4 Å². The van der Waals surface area contributed by atoms with E-state index < -0.39 is 17.6 Å². The number of ether oxygens (including phenoxy) is 1. The minimum atomic E-state index is -1.06. The first-order valence-electron chi connectivity index (χ1n) is 6.13. The van der Waals surface area contributed by atoms with Crippen LogP contribution in [-0.4, -0.2) is 11.1 Å². The van der Waals surface area contributed by atoms with Gasteiger partial charge in [-0.05, 0) is 29.3 Å². The van der Waals surface area contributed by atoms with Crippen LogP contribution in [0.25, 0.3) is 6.08 Å². The van der Waals surface area contributed by atoms with E-state index in [1.807, 2.05) is 0 Å².